The van der Waals surface area contributed by atoms with Crippen LogP contribution in [-0.2, 0) is 19.1 Å². The number of fused-ring (bicyclic) bond motifs is 2. The normalized spacial score (nSPS) is 29.3. The van der Waals surface area contributed by atoms with Crippen LogP contribution in [0.15, 0.2) is 12.2 Å². The van der Waals surface area contributed by atoms with Gasteiger partial charge in [0, 0.05) is 5.41 Å². The number of rotatable bonds is 5. The van der Waals surface area contributed by atoms with Crippen molar-refractivity contribution in [2.75, 3.05) is 6.61 Å². The maximum Gasteiger partial charge on any atom is 0.417 e. The highest BCUT2D eigenvalue weighted by atomic mass is 16.6. The molecule has 0 N–H and O–H groups in total. The van der Waals surface area contributed by atoms with E-state index in [9.17, 15) is 9.59 Å². The minimum atomic E-state index is -0.867. The molecular formula is C15H22O4. The van der Waals surface area contributed by atoms with E-state index in [0.29, 0.717) is 12.3 Å². The Hall–Kier alpha value is -1.32. The average molecular weight is 266 g/mol. The molecule has 0 spiro atoms. The van der Waals surface area contributed by atoms with E-state index in [1.807, 2.05) is 13.8 Å². The smallest absolute Gasteiger partial charge is 0.417 e. The maximum absolute atomic E-state index is 11.7. The molecule has 2 aliphatic rings. The number of allylic oxidation sites excluding steroid dienone is 1. The third-order valence-electron chi connectivity index (χ3n) is 4.19. The molecule has 0 aromatic heterocycles. The molecule has 4 nitrogen and oxygen atoms in total. The van der Waals surface area contributed by atoms with Gasteiger partial charge in [0.2, 0.25) is 0 Å². The minimum Gasteiger partial charge on any atom is -0.457 e. The average Bonchev–Trinajstić information content (AvgIpc) is 3.03. The molecule has 3 unspecified atom stereocenters. The summed E-state index contributed by atoms with van der Waals surface area (Å²) in [7, 11) is 0. The first-order chi connectivity index (χ1) is 9.11. The van der Waals surface area contributed by atoms with Gasteiger partial charge in [-0.3, -0.25) is 0 Å². The van der Waals surface area contributed by atoms with E-state index in [4.69, 9.17) is 9.47 Å². The number of hydrogen-bond donors (Lipinski definition) is 0. The molecule has 3 atom stereocenters. The summed E-state index contributed by atoms with van der Waals surface area (Å²) in [5.41, 5.74) is -0.0416. The van der Waals surface area contributed by atoms with Gasteiger partial charge in [0.25, 0.3) is 0 Å². The van der Waals surface area contributed by atoms with Gasteiger partial charge in [-0.2, -0.15) is 0 Å². The van der Waals surface area contributed by atoms with Crippen LogP contribution in [0.3, 0.4) is 0 Å². The molecule has 106 valence electrons. The summed E-state index contributed by atoms with van der Waals surface area (Å²) in [4.78, 5) is 23.2. The van der Waals surface area contributed by atoms with Crippen molar-refractivity contribution in [3.05, 3.63) is 12.2 Å². The van der Waals surface area contributed by atoms with Gasteiger partial charge in [-0.15, -0.1) is 0 Å². The molecule has 2 bridgehead atoms. The first-order valence-electron chi connectivity index (χ1n) is 7.18. The fourth-order valence-corrected chi connectivity index (χ4v) is 3.23. The first-order valence-corrected chi connectivity index (χ1v) is 7.18. The van der Waals surface area contributed by atoms with Crippen LogP contribution < -0.4 is 0 Å². The maximum atomic E-state index is 11.7. The summed E-state index contributed by atoms with van der Waals surface area (Å²) in [6.45, 7) is 4.13. The van der Waals surface area contributed by atoms with E-state index in [2.05, 4.69) is 12.2 Å². The van der Waals surface area contributed by atoms with Crippen LogP contribution in [0.4, 0.5) is 0 Å². The zero-order valence-electron chi connectivity index (χ0n) is 11.7. The molecule has 2 aliphatic carbocycles. The van der Waals surface area contributed by atoms with Gasteiger partial charge in [0.1, 0.15) is 6.10 Å². The van der Waals surface area contributed by atoms with E-state index in [-0.39, 0.29) is 18.1 Å². The highest BCUT2D eigenvalue weighted by Crippen LogP contribution is 2.52. The molecule has 2 rings (SSSR count). The Morgan fingerprint density at radius 3 is 2.63 bits per heavy atom. The van der Waals surface area contributed by atoms with Crippen molar-refractivity contribution in [3.63, 3.8) is 0 Å². The van der Waals surface area contributed by atoms with Crippen molar-refractivity contribution in [1.29, 1.82) is 0 Å². The fourth-order valence-electron chi connectivity index (χ4n) is 3.23. The van der Waals surface area contributed by atoms with Crippen LogP contribution >= 0.6 is 0 Å². The molecule has 19 heavy (non-hydrogen) atoms. The van der Waals surface area contributed by atoms with Crippen LogP contribution in [0.25, 0.3) is 0 Å². The molecule has 0 heterocycles. The second-order valence-corrected chi connectivity index (χ2v) is 5.53. The van der Waals surface area contributed by atoms with Crippen molar-refractivity contribution in [1.82, 2.24) is 0 Å². The number of hydrogen-bond acceptors (Lipinski definition) is 4. The highest BCUT2D eigenvalue weighted by Gasteiger charge is 2.47. The van der Waals surface area contributed by atoms with Crippen molar-refractivity contribution in [2.45, 2.75) is 52.1 Å². The van der Waals surface area contributed by atoms with Gasteiger partial charge < -0.3 is 9.47 Å². The van der Waals surface area contributed by atoms with E-state index in [1.165, 1.54) is 0 Å². The molecular weight excluding hydrogens is 244 g/mol. The first kappa shape index (κ1) is 14.1. The summed E-state index contributed by atoms with van der Waals surface area (Å²) in [6, 6.07) is 0. The van der Waals surface area contributed by atoms with Crippen molar-refractivity contribution >= 4 is 11.9 Å². The Balaban J connectivity index is 1.94. The van der Waals surface area contributed by atoms with Crippen molar-refractivity contribution in [2.24, 2.45) is 11.3 Å². The van der Waals surface area contributed by atoms with Gasteiger partial charge in [0.05, 0.1) is 6.61 Å². The fraction of sp³-hybridized carbons (Fsp3) is 0.733. The van der Waals surface area contributed by atoms with Gasteiger partial charge in [-0.1, -0.05) is 26.0 Å². The number of ether oxygens (including phenoxy) is 2. The molecule has 0 radical (unpaired) electrons. The monoisotopic (exact) mass is 266 g/mol. The van der Waals surface area contributed by atoms with Crippen LogP contribution in [-0.4, -0.2) is 24.6 Å². The summed E-state index contributed by atoms with van der Waals surface area (Å²) in [5, 5.41) is 0. The standard InChI is InChI=1S/C15H22O4/c1-3-9-18-13(16)14(17)19-12(4-2)15-7-5-11(10-15)6-8-15/h5,7,11-12H,3-4,6,8-10H2,1-2H3. The lowest BCUT2D eigenvalue weighted by Gasteiger charge is -2.32. The van der Waals surface area contributed by atoms with Gasteiger partial charge in [-0.05, 0) is 38.0 Å². The molecule has 1 saturated carbocycles. The Morgan fingerprint density at radius 2 is 2.16 bits per heavy atom. The van der Waals surface area contributed by atoms with E-state index < -0.39 is 11.9 Å². The second-order valence-electron chi connectivity index (χ2n) is 5.53. The number of carbonyl (C=O) groups is 2. The summed E-state index contributed by atoms with van der Waals surface area (Å²) < 4.78 is 10.2. The summed E-state index contributed by atoms with van der Waals surface area (Å²) >= 11 is 0. The largest absolute Gasteiger partial charge is 0.457 e. The third kappa shape index (κ3) is 2.82. The second kappa shape index (κ2) is 5.76. The van der Waals surface area contributed by atoms with E-state index in [0.717, 1.165) is 25.7 Å². The minimum absolute atomic E-state index is 0.0416. The molecule has 0 amide bonds. The molecule has 0 aromatic rings. The third-order valence-corrected chi connectivity index (χ3v) is 4.19. The predicted octanol–water partition coefficient (Wildman–Crippen LogP) is 2.62. The summed E-state index contributed by atoms with van der Waals surface area (Å²) in [5.74, 6) is -1.09. The Labute approximate surface area is 114 Å². The summed E-state index contributed by atoms with van der Waals surface area (Å²) in [6.07, 6.45) is 8.86. The van der Waals surface area contributed by atoms with Crippen LogP contribution in [0, 0.1) is 11.3 Å². The molecule has 0 saturated heterocycles. The SMILES string of the molecule is CCCOC(=O)C(=O)OC(CC)C12C=CC(CC1)C2. The van der Waals surface area contributed by atoms with Gasteiger partial charge in [0.15, 0.2) is 0 Å². The van der Waals surface area contributed by atoms with Crippen molar-refractivity contribution in [3.8, 4) is 0 Å². The van der Waals surface area contributed by atoms with Gasteiger partial charge in [-0.25, -0.2) is 9.59 Å². The Kier molecular flexibility index (Phi) is 4.27. The molecule has 1 fully saturated rings. The van der Waals surface area contributed by atoms with E-state index >= 15 is 0 Å². The Morgan fingerprint density at radius 1 is 1.37 bits per heavy atom. The van der Waals surface area contributed by atoms with Crippen LogP contribution in [0.5, 0.6) is 0 Å². The van der Waals surface area contributed by atoms with E-state index in [1.54, 1.807) is 0 Å². The van der Waals surface area contributed by atoms with Gasteiger partial charge >= 0.3 is 11.9 Å². The molecule has 0 aliphatic heterocycles. The van der Waals surface area contributed by atoms with Crippen LogP contribution in [0.1, 0.15) is 46.0 Å². The predicted molar refractivity (Wildman–Crippen MR) is 70.3 cm³/mol. The lowest BCUT2D eigenvalue weighted by atomic mass is 9.80. The van der Waals surface area contributed by atoms with Crippen molar-refractivity contribution < 1.29 is 19.1 Å². The molecule has 0 aromatic carbocycles. The zero-order valence-corrected chi connectivity index (χ0v) is 11.7. The number of carbonyl (C=O) groups excluding carboxylic acids is 2. The number of esters is 2. The highest BCUT2D eigenvalue weighted by molar-refractivity contribution is 6.29. The quantitative estimate of drug-likeness (QED) is 0.436. The topological polar surface area (TPSA) is 52.6 Å². The lowest BCUT2D eigenvalue weighted by molar-refractivity contribution is -0.174. The van der Waals surface area contributed by atoms with Crippen LogP contribution in [0.2, 0.25) is 0 Å². The zero-order chi connectivity index (χ0) is 13.9. The Bertz CT molecular complexity index is 388. The lowest BCUT2D eigenvalue weighted by Crippen LogP contribution is -2.36. The molecule has 4 heteroatoms.